The maximum absolute atomic E-state index is 6.57. The van der Waals surface area contributed by atoms with Crippen LogP contribution in [0.25, 0.3) is 61.2 Å². The summed E-state index contributed by atoms with van der Waals surface area (Å²) >= 11 is 0. The smallest absolute Gasteiger partial charge is 0.149 e. The fourth-order valence-corrected chi connectivity index (χ4v) is 6.52. The molecule has 0 saturated heterocycles. The molecule has 3 aromatic heterocycles. The first kappa shape index (κ1) is 27.2. The number of rotatable bonds is 5. The Bertz CT molecular complexity index is 2130. The molecule has 0 unspecified atom stereocenters. The summed E-state index contributed by atoms with van der Waals surface area (Å²) in [5, 5.41) is 2.21. The highest BCUT2D eigenvalue weighted by molar-refractivity contribution is 6.09. The van der Waals surface area contributed by atoms with Crippen LogP contribution in [0.3, 0.4) is 0 Å². The van der Waals surface area contributed by atoms with Crippen LogP contribution in [0.1, 0.15) is 67.6 Å². The van der Waals surface area contributed by atoms with Crippen molar-refractivity contribution in [3.63, 3.8) is 0 Å². The number of nitrogens with zero attached hydrogens (tertiary/aromatic N) is 3. The number of fused-ring (bicyclic) bond motifs is 4. The van der Waals surface area contributed by atoms with Crippen molar-refractivity contribution in [1.82, 2.24) is 14.5 Å². The lowest BCUT2D eigenvalue weighted by atomic mass is 9.88. The SMILES string of the molecule is Cc1nc(C)c2nc(-c3cccc4c3oc3ccccc34)n(-c3c(C(C)C)cc(-c4ccccc4)cc3C(C)C)c2c1C. The van der Waals surface area contributed by atoms with E-state index < -0.39 is 0 Å². The number of pyridine rings is 1. The zero-order chi connectivity index (χ0) is 30.0. The molecule has 7 aromatic rings. The van der Waals surface area contributed by atoms with Crippen LogP contribution < -0.4 is 0 Å². The van der Waals surface area contributed by atoms with E-state index >= 15 is 0 Å². The second-order valence-corrected chi connectivity index (χ2v) is 12.3. The minimum Gasteiger partial charge on any atom is -0.455 e. The van der Waals surface area contributed by atoms with Crippen LogP contribution in [0.5, 0.6) is 0 Å². The molecule has 0 N–H and O–H groups in total. The van der Waals surface area contributed by atoms with Gasteiger partial charge >= 0.3 is 0 Å². The number of benzene rings is 4. The van der Waals surface area contributed by atoms with Crippen molar-refractivity contribution in [2.75, 3.05) is 0 Å². The molecule has 3 heterocycles. The van der Waals surface area contributed by atoms with Crippen molar-refractivity contribution in [2.24, 2.45) is 0 Å². The third kappa shape index (κ3) is 4.27. The second-order valence-electron chi connectivity index (χ2n) is 12.3. The van der Waals surface area contributed by atoms with Crippen molar-refractivity contribution in [2.45, 2.75) is 60.3 Å². The average Bonchev–Trinajstić information content (AvgIpc) is 3.59. The van der Waals surface area contributed by atoms with Crippen LogP contribution in [0.4, 0.5) is 0 Å². The Labute approximate surface area is 253 Å². The van der Waals surface area contributed by atoms with Gasteiger partial charge in [0.25, 0.3) is 0 Å². The molecular weight excluding hydrogens is 526 g/mol. The predicted octanol–water partition coefficient (Wildman–Crippen LogP) is 10.8. The second kappa shape index (κ2) is 10.2. The van der Waals surface area contributed by atoms with Gasteiger partial charge in [-0.1, -0.05) is 88.4 Å². The molecule has 0 spiro atoms. The highest BCUT2D eigenvalue weighted by atomic mass is 16.3. The molecule has 43 heavy (non-hydrogen) atoms. The van der Waals surface area contributed by atoms with Crippen LogP contribution in [0.2, 0.25) is 0 Å². The van der Waals surface area contributed by atoms with E-state index in [0.717, 1.165) is 61.3 Å². The molecule has 0 fully saturated rings. The largest absolute Gasteiger partial charge is 0.455 e. The molecule has 214 valence electrons. The number of furan rings is 1. The highest BCUT2D eigenvalue weighted by Crippen LogP contribution is 2.43. The fraction of sp³-hybridized carbons (Fsp3) is 0.231. The van der Waals surface area contributed by atoms with Gasteiger partial charge in [0.05, 0.1) is 22.5 Å². The molecule has 4 aromatic carbocycles. The van der Waals surface area contributed by atoms with Crippen LogP contribution >= 0.6 is 0 Å². The Morgan fingerprint density at radius 3 is 2.00 bits per heavy atom. The summed E-state index contributed by atoms with van der Waals surface area (Å²) in [6.45, 7) is 15.5. The first-order chi connectivity index (χ1) is 20.7. The zero-order valence-corrected chi connectivity index (χ0v) is 26.0. The van der Waals surface area contributed by atoms with Gasteiger partial charge in [0.15, 0.2) is 0 Å². The summed E-state index contributed by atoms with van der Waals surface area (Å²) in [5.41, 5.74) is 14.2. The molecule has 0 atom stereocenters. The van der Waals surface area contributed by atoms with Crippen molar-refractivity contribution in [3.8, 4) is 28.2 Å². The maximum Gasteiger partial charge on any atom is 0.149 e. The number of aryl methyl sites for hydroxylation is 3. The van der Waals surface area contributed by atoms with Crippen LogP contribution in [-0.4, -0.2) is 14.5 Å². The quantitative estimate of drug-likeness (QED) is 0.209. The molecule has 0 amide bonds. The van der Waals surface area contributed by atoms with Crippen molar-refractivity contribution >= 4 is 33.0 Å². The van der Waals surface area contributed by atoms with Gasteiger partial charge in [-0.2, -0.15) is 0 Å². The average molecular weight is 564 g/mol. The summed E-state index contributed by atoms with van der Waals surface area (Å²) in [4.78, 5) is 10.3. The highest BCUT2D eigenvalue weighted by Gasteiger charge is 2.27. The normalized spacial score (nSPS) is 12.0. The van der Waals surface area contributed by atoms with Crippen LogP contribution in [0, 0.1) is 20.8 Å². The number of aromatic nitrogens is 3. The van der Waals surface area contributed by atoms with Gasteiger partial charge < -0.3 is 4.42 Å². The van der Waals surface area contributed by atoms with Crippen LogP contribution in [0.15, 0.2) is 89.3 Å². The van der Waals surface area contributed by atoms with E-state index in [2.05, 4.69) is 126 Å². The van der Waals surface area contributed by atoms with Gasteiger partial charge in [-0.25, -0.2) is 4.98 Å². The number of para-hydroxylation sites is 2. The molecule has 0 aliphatic heterocycles. The van der Waals surface area contributed by atoms with E-state index in [1.165, 1.54) is 27.9 Å². The molecule has 4 heteroatoms. The maximum atomic E-state index is 6.57. The number of hydrogen-bond acceptors (Lipinski definition) is 3. The Morgan fingerprint density at radius 2 is 1.30 bits per heavy atom. The molecule has 0 bridgehead atoms. The Hall–Kier alpha value is -4.70. The molecule has 4 nitrogen and oxygen atoms in total. The first-order valence-corrected chi connectivity index (χ1v) is 15.2. The van der Waals surface area contributed by atoms with Crippen LogP contribution in [-0.2, 0) is 0 Å². The Morgan fingerprint density at radius 1 is 0.651 bits per heavy atom. The summed E-state index contributed by atoms with van der Waals surface area (Å²) in [7, 11) is 0. The summed E-state index contributed by atoms with van der Waals surface area (Å²) in [6.07, 6.45) is 0. The summed E-state index contributed by atoms with van der Waals surface area (Å²) in [5.74, 6) is 1.45. The van der Waals surface area contributed by atoms with Gasteiger partial charge in [0.2, 0.25) is 0 Å². The van der Waals surface area contributed by atoms with E-state index in [0.29, 0.717) is 0 Å². The fourth-order valence-electron chi connectivity index (χ4n) is 6.52. The third-order valence-corrected chi connectivity index (χ3v) is 8.84. The predicted molar refractivity (Wildman–Crippen MR) is 179 cm³/mol. The summed E-state index contributed by atoms with van der Waals surface area (Å²) in [6, 6.07) is 30.2. The minimum absolute atomic E-state index is 0.285. The van der Waals surface area contributed by atoms with Gasteiger partial charge in [0.1, 0.15) is 22.5 Å². The van der Waals surface area contributed by atoms with Crippen molar-refractivity contribution in [1.29, 1.82) is 0 Å². The third-order valence-electron chi connectivity index (χ3n) is 8.84. The van der Waals surface area contributed by atoms with E-state index in [1.54, 1.807) is 0 Å². The lowest BCUT2D eigenvalue weighted by Crippen LogP contribution is -2.10. The van der Waals surface area contributed by atoms with Gasteiger partial charge in [-0.15, -0.1) is 0 Å². The molecule has 0 saturated carbocycles. The molecular formula is C39H37N3O. The van der Waals surface area contributed by atoms with Gasteiger partial charge in [-0.3, -0.25) is 9.55 Å². The van der Waals surface area contributed by atoms with Gasteiger partial charge in [0, 0.05) is 16.5 Å². The standard InChI is InChI=1S/C39H37N3O/c1-22(2)32-20-28(27-14-9-8-10-15-27)21-33(23(3)4)37(32)42-36-24(5)25(6)40-26(7)35(36)41-39(42)31-18-13-17-30-29-16-11-12-19-34(29)43-38(30)31/h8-23H,1-7H3. The van der Waals surface area contributed by atoms with E-state index in [9.17, 15) is 0 Å². The summed E-state index contributed by atoms with van der Waals surface area (Å²) < 4.78 is 9.00. The van der Waals surface area contributed by atoms with E-state index in [1.807, 2.05) is 12.1 Å². The van der Waals surface area contributed by atoms with Gasteiger partial charge in [-0.05, 0) is 84.7 Å². The number of imidazole rings is 1. The molecule has 0 radical (unpaired) electrons. The molecule has 0 aliphatic carbocycles. The van der Waals surface area contributed by atoms with Crippen molar-refractivity contribution in [3.05, 3.63) is 113 Å². The monoisotopic (exact) mass is 563 g/mol. The van der Waals surface area contributed by atoms with E-state index in [-0.39, 0.29) is 11.8 Å². The first-order valence-electron chi connectivity index (χ1n) is 15.2. The number of hydrogen-bond donors (Lipinski definition) is 0. The lowest BCUT2D eigenvalue weighted by Gasteiger charge is -2.25. The Kier molecular flexibility index (Phi) is 6.46. The Balaban J connectivity index is 1.66. The molecule has 7 rings (SSSR count). The van der Waals surface area contributed by atoms with E-state index in [4.69, 9.17) is 14.4 Å². The minimum atomic E-state index is 0.285. The zero-order valence-electron chi connectivity index (χ0n) is 26.0. The topological polar surface area (TPSA) is 43.9 Å². The molecule has 0 aliphatic rings. The van der Waals surface area contributed by atoms with Crippen molar-refractivity contribution < 1.29 is 4.42 Å². The lowest BCUT2D eigenvalue weighted by molar-refractivity contribution is 0.669.